The Hall–Kier alpha value is -3.01. The molecular weight excluding hydrogens is 350 g/mol. The average molecular weight is 377 g/mol. The van der Waals surface area contributed by atoms with Crippen LogP contribution in [0.25, 0.3) is 28.2 Å². The Labute approximate surface area is 166 Å². The van der Waals surface area contributed by atoms with Crippen molar-refractivity contribution >= 4 is 23.1 Å². The van der Waals surface area contributed by atoms with Crippen molar-refractivity contribution in [3.05, 3.63) is 60.2 Å². The number of nitrogens with zero attached hydrogens (tertiary/aromatic N) is 1. The lowest BCUT2D eigenvalue weighted by Crippen LogP contribution is -2.14. The standard InChI is InChI=1S/C24H27NO3/c1-4-6-7-11-14-21-20-16-15-19(27-3)17-22(20)25(24(26)28-5-2)23(21)18-12-9-8-10-13-18/h8-17H,4-7H2,1-3H3/b14-11+. The van der Waals surface area contributed by atoms with E-state index in [-0.39, 0.29) is 6.09 Å². The van der Waals surface area contributed by atoms with Crippen molar-refractivity contribution in [2.24, 2.45) is 0 Å². The number of carbonyl (C=O) groups excluding carboxylic acids is 1. The average Bonchev–Trinajstić information content (AvgIpc) is 3.05. The van der Waals surface area contributed by atoms with Gasteiger partial charge in [-0.1, -0.05) is 62.2 Å². The van der Waals surface area contributed by atoms with Crippen LogP contribution in [0.4, 0.5) is 4.79 Å². The number of ether oxygens (including phenoxy) is 2. The maximum atomic E-state index is 12.9. The van der Waals surface area contributed by atoms with Gasteiger partial charge in [-0.2, -0.15) is 0 Å². The fourth-order valence-electron chi connectivity index (χ4n) is 3.37. The molecule has 0 bridgehead atoms. The van der Waals surface area contributed by atoms with Crippen LogP contribution in [0.3, 0.4) is 0 Å². The van der Waals surface area contributed by atoms with Gasteiger partial charge in [-0.3, -0.25) is 0 Å². The number of aromatic nitrogens is 1. The highest BCUT2D eigenvalue weighted by atomic mass is 16.5. The number of methoxy groups -OCH3 is 1. The van der Waals surface area contributed by atoms with Gasteiger partial charge in [0.2, 0.25) is 0 Å². The van der Waals surface area contributed by atoms with Crippen molar-refractivity contribution in [3.63, 3.8) is 0 Å². The van der Waals surface area contributed by atoms with Crippen molar-refractivity contribution in [2.45, 2.75) is 33.1 Å². The third-order valence-corrected chi connectivity index (χ3v) is 4.72. The van der Waals surface area contributed by atoms with Crippen molar-refractivity contribution < 1.29 is 14.3 Å². The maximum Gasteiger partial charge on any atom is 0.418 e. The fraction of sp³-hybridized carbons (Fsp3) is 0.292. The van der Waals surface area contributed by atoms with Crippen LogP contribution < -0.4 is 4.74 Å². The van der Waals surface area contributed by atoms with E-state index in [9.17, 15) is 4.79 Å². The lowest BCUT2D eigenvalue weighted by molar-refractivity contribution is 0.155. The number of unbranched alkanes of at least 4 members (excludes halogenated alkanes) is 2. The molecule has 146 valence electrons. The first-order valence-corrected chi connectivity index (χ1v) is 9.82. The highest BCUT2D eigenvalue weighted by Crippen LogP contribution is 2.37. The SMILES string of the molecule is CCCC/C=C/c1c(-c2ccccc2)n(C(=O)OCC)c2cc(OC)ccc12. The molecule has 4 nitrogen and oxygen atoms in total. The molecule has 0 spiro atoms. The van der Waals surface area contributed by atoms with E-state index in [1.165, 1.54) is 0 Å². The van der Waals surface area contributed by atoms with Crippen molar-refractivity contribution in [1.82, 2.24) is 4.57 Å². The number of hydrogen-bond acceptors (Lipinski definition) is 3. The molecule has 0 aliphatic carbocycles. The molecule has 1 heterocycles. The first-order chi connectivity index (χ1) is 13.7. The molecular formula is C24H27NO3. The number of fused-ring (bicyclic) bond motifs is 1. The molecule has 0 saturated heterocycles. The molecule has 2 aromatic carbocycles. The second-order valence-corrected chi connectivity index (χ2v) is 6.59. The number of benzene rings is 2. The summed E-state index contributed by atoms with van der Waals surface area (Å²) in [6, 6.07) is 15.8. The van der Waals surface area contributed by atoms with Crippen LogP contribution in [0.2, 0.25) is 0 Å². The van der Waals surface area contributed by atoms with E-state index in [0.29, 0.717) is 12.4 Å². The molecule has 4 heteroatoms. The number of hydrogen-bond donors (Lipinski definition) is 0. The quantitative estimate of drug-likeness (QED) is 0.440. The molecule has 0 fully saturated rings. The molecule has 1 aromatic heterocycles. The molecule has 0 aliphatic heterocycles. The zero-order valence-electron chi connectivity index (χ0n) is 16.8. The second-order valence-electron chi connectivity index (χ2n) is 6.59. The van der Waals surface area contributed by atoms with E-state index in [1.54, 1.807) is 11.7 Å². The van der Waals surface area contributed by atoms with Gasteiger partial charge in [0.25, 0.3) is 0 Å². The van der Waals surface area contributed by atoms with Gasteiger partial charge >= 0.3 is 6.09 Å². The van der Waals surface area contributed by atoms with E-state index < -0.39 is 0 Å². The van der Waals surface area contributed by atoms with Crippen LogP contribution in [0.1, 0.15) is 38.7 Å². The van der Waals surface area contributed by atoms with E-state index in [1.807, 2.05) is 55.5 Å². The monoisotopic (exact) mass is 377 g/mol. The minimum Gasteiger partial charge on any atom is -0.497 e. The first-order valence-electron chi connectivity index (χ1n) is 9.82. The second kappa shape index (κ2) is 9.27. The summed E-state index contributed by atoms with van der Waals surface area (Å²) in [7, 11) is 1.63. The smallest absolute Gasteiger partial charge is 0.418 e. The third kappa shape index (κ3) is 3.96. The van der Waals surface area contributed by atoms with Crippen LogP contribution in [0.5, 0.6) is 5.75 Å². The van der Waals surface area contributed by atoms with Crippen molar-refractivity contribution in [2.75, 3.05) is 13.7 Å². The van der Waals surface area contributed by atoms with Crippen molar-refractivity contribution in [3.8, 4) is 17.0 Å². The van der Waals surface area contributed by atoms with Crippen LogP contribution in [0, 0.1) is 0 Å². The summed E-state index contributed by atoms with van der Waals surface area (Å²) in [5, 5.41) is 1.00. The molecule has 0 aliphatic rings. The summed E-state index contributed by atoms with van der Waals surface area (Å²) in [5.74, 6) is 0.705. The minimum absolute atomic E-state index is 0.318. The van der Waals surface area contributed by atoms with Gasteiger partial charge in [0.15, 0.2) is 0 Å². The Bertz CT molecular complexity index is 970. The summed E-state index contributed by atoms with van der Waals surface area (Å²) >= 11 is 0. The van der Waals surface area contributed by atoms with Gasteiger partial charge in [-0.15, -0.1) is 0 Å². The van der Waals surface area contributed by atoms with E-state index in [2.05, 4.69) is 19.1 Å². The Balaban J connectivity index is 2.31. The molecule has 0 radical (unpaired) electrons. The molecule has 0 atom stereocenters. The van der Waals surface area contributed by atoms with Gasteiger partial charge in [-0.05, 0) is 31.0 Å². The van der Waals surface area contributed by atoms with Gasteiger partial charge < -0.3 is 9.47 Å². The number of allylic oxidation sites excluding steroid dienone is 1. The lowest BCUT2D eigenvalue weighted by Gasteiger charge is -2.10. The fourth-order valence-corrected chi connectivity index (χ4v) is 3.37. The maximum absolute atomic E-state index is 12.9. The van der Waals surface area contributed by atoms with Crippen LogP contribution in [-0.4, -0.2) is 24.4 Å². The molecule has 0 unspecified atom stereocenters. The Morgan fingerprint density at radius 3 is 2.57 bits per heavy atom. The van der Waals surface area contributed by atoms with Crippen LogP contribution in [0.15, 0.2) is 54.6 Å². The normalized spacial score (nSPS) is 11.2. The Kier molecular flexibility index (Phi) is 6.53. The summed E-state index contributed by atoms with van der Waals surface area (Å²) in [6.45, 7) is 4.32. The lowest BCUT2D eigenvalue weighted by atomic mass is 10.0. The van der Waals surface area contributed by atoms with Crippen LogP contribution in [-0.2, 0) is 4.74 Å². The predicted molar refractivity (Wildman–Crippen MR) is 115 cm³/mol. The topological polar surface area (TPSA) is 40.5 Å². The predicted octanol–water partition coefficient (Wildman–Crippen LogP) is 6.52. The highest BCUT2D eigenvalue weighted by Gasteiger charge is 2.22. The molecule has 0 saturated carbocycles. The van der Waals surface area contributed by atoms with Gasteiger partial charge in [-0.25, -0.2) is 9.36 Å². The summed E-state index contributed by atoms with van der Waals surface area (Å²) in [6.07, 6.45) is 7.23. The van der Waals surface area contributed by atoms with E-state index in [0.717, 1.165) is 47.0 Å². The van der Waals surface area contributed by atoms with Gasteiger partial charge in [0, 0.05) is 17.0 Å². The zero-order valence-corrected chi connectivity index (χ0v) is 16.8. The Morgan fingerprint density at radius 1 is 1.11 bits per heavy atom. The highest BCUT2D eigenvalue weighted by molar-refractivity contribution is 6.03. The molecule has 3 aromatic rings. The summed E-state index contributed by atoms with van der Waals surface area (Å²) < 4.78 is 12.5. The van der Waals surface area contributed by atoms with E-state index >= 15 is 0 Å². The van der Waals surface area contributed by atoms with E-state index in [4.69, 9.17) is 9.47 Å². The molecule has 0 N–H and O–H groups in total. The van der Waals surface area contributed by atoms with Gasteiger partial charge in [0.05, 0.1) is 24.9 Å². The molecule has 3 rings (SSSR count). The molecule has 0 amide bonds. The third-order valence-electron chi connectivity index (χ3n) is 4.72. The molecule has 28 heavy (non-hydrogen) atoms. The van der Waals surface area contributed by atoms with Crippen molar-refractivity contribution in [1.29, 1.82) is 0 Å². The largest absolute Gasteiger partial charge is 0.497 e. The Morgan fingerprint density at radius 2 is 1.89 bits per heavy atom. The van der Waals surface area contributed by atoms with Gasteiger partial charge in [0.1, 0.15) is 5.75 Å². The summed E-state index contributed by atoms with van der Waals surface area (Å²) in [4.78, 5) is 12.9. The number of carbonyl (C=O) groups is 1. The minimum atomic E-state index is -0.382. The first kappa shape index (κ1) is 19.7. The zero-order chi connectivity index (χ0) is 19.9. The van der Waals surface area contributed by atoms with Crippen LogP contribution >= 0.6 is 0 Å². The number of rotatable bonds is 7. The summed E-state index contributed by atoms with van der Waals surface area (Å²) in [5.41, 5.74) is 3.62.